The highest BCUT2D eigenvalue weighted by Crippen LogP contribution is 2.38. The molecule has 0 aliphatic carbocycles. The highest BCUT2D eigenvalue weighted by atomic mass is 32.2. The van der Waals surface area contributed by atoms with Crippen LogP contribution in [0.5, 0.6) is 0 Å². The number of hydrogen-bond donors (Lipinski definition) is 1. The van der Waals surface area contributed by atoms with Gasteiger partial charge in [-0.25, -0.2) is 0 Å². The molecular formula is C8H11NOS. The van der Waals surface area contributed by atoms with Crippen LogP contribution in [-0.2, 0) is 0 Å². The quantitative estimate of drug-likeness (QED) is 0.588. The van der Waals surface area contributed by atoms with E-state index in [0.717, 1.165) is 12.2 Å². The summed E-state index contributed by atoms with van der Waals surface area (Å²) >= 11 is 1.85. The van der Waals surface area contributed by atoms with Crippen LogP contribution in [0.3, 0.4) is 0 Å². The van der Waals surface area contributed by atoms with Gasteiger partial charge in [0, 0.05) is 12.1 Å². The van der Waals surface area contributed by atoms with Gasteiger partial charge in [-0.1, -0.05) is 0 Å². The number of thioether (sulfide) groups is 1. The van der Waals surface area contributed by atoms with Crippen molar-refractivity contribution in [3.63, 3.8) is 0 Å². The molecule has 2 aliphatic heterocycles. The van der Waals surface area contributed by atoms with Crippen molar-refractivity contribution in [1.29, 1.82) is 0 Å². The van der Waals surface area contributed by atoms with Gasteiger partial charge in [0.05, 0.1) is 12.6 Å². The highest BCUT2D eigenvalue weighted by Gasteiger charge is 2.28. The first-order valence-electron chi connectivity index (χ1n) is 3.89. The molecule has 0 amide bonds. The molecule has 0 spiro atoms. The molecule has 0 aromatic carbocycles. The molecule has 0 saturated carbocycles. The van der Waals surface area contributed by atoms with E-state index in [-0.39, 0.29) is 6.10 Å². The molecule has 2 rings (SSSR count). The van der Waals surface area contributed by atoms with E-state index in [1.54, 1.807) is 0 Å². The van der Waals surface area contributed by atoms with Crippen molar-refractivity contribution in [1.82, 2.24) is 0 Å². The molecule has 2 atom stereocenters. The molecular weight excluding hydrogens is 158 g/mol. The smallest absolute Gasteiger partial charge is 0.0809 e. The number of aliphatic imine (C=N–C) groups is 1. The van der Waals surface area contributed by atoms with E-state index < -0.39 is 0 Å². The van der Waals surface area contributed by atoms with Gasteiger partial charge < -0.3 is 5.11 Å². The van der Waals surface area contributed by atoms with Crippen molar-refractivity contribution < 1.29 is 5.11 Å². The van der Waals surface area contributed by atoms with E-state index in [1.807, 2.05) is 24.1 Å². The Bertz CT molecular complexity index is 212. The van der Waals surface area contributed by atoms with Gasteiger partial charge in [-0.3, -0.25) is 4.99 Å². The van der Waals surface area contributed by atoms with Crippen molar-refractivity contribution in [2.45, 2.75) is 12.5 Å². The van der Waals surface area contributed by atoms with Gasteiger partial charge in [-0.15, -0.1) is 11.8 Å². The Morgan fingerprint density at radius 2 is 2.55 bits per heavy atom. The molecule has 0 radical (unpaired) electrons. The van der Waals surface area contributed by atoms with Gasteiger partial charge in [0.1, 0.15) is 0 Å². The summed E-state index contributed by atoms with van der Waals surface area (Å²) in [6, 6.07) is 0. The lowest BCUT2D eigenvalue weighted by atomic mass is 10.00. The molecule has 0 aromatic rings. The van der Waals surface area contributed by atoms with Crippen molar-refractivity contribution in [3.05, 3.63) is 11.0 Å². The average Bonchev–Trinajstić information content (AvgIpc) is 2.40. The molecule has 1 N–H and O–H groups in total. The summed E-state index contributed by atoms with van der Waals surface area (Å²) in [5.41, 5.74) is 0. The number of aliphatic hydroxyl groups is 1. The third kappa shape index (κ3) is 1.35. The van der Waals surface area contributed by atoms with Crippen LogP contribution in [0.25, 0.3) is 0 Å². The fraction of sp³-hybridized carbons (Fsp3) is 0.625. The first kappa shape index (κ1) is 7.37. The fourth-order valence-electron chi connectivity index (χ4n) is 1.53. The highest BCUT2D eigenvalue weighted by molar-refractivity contribution is 8.03. The zero-order chi connectivity index (χ0) is 7.68. The Hall–Kier alpha value is -0.280. The molecule has 0 aromatic heterocycles. The normalized spacial score (nSPS) is 36.3. The molecule has 1 saturated heterocycles. The molecule has 0 bridgehead atoms. The number of aliphatic hydroxyl groups excluding tert-OH is 1. The SMILES string of the molecule is OC1CN=CC=C2SCCC21. The van der Waals surface area contributed by atoms with Crippen LogP contribution >= 0.6 is 11.8 Å². The van der Waals surface area contributed by atoms with Gasteiger partial charge >= 0.3 is 0 Å². The fourth-order valence-corrected chi connectivity index (χ4v) is 2.78. The lowest BCUT2D eigenvalue weighted by Gasteiger charge is -2.14. The van der Waals surface area contributed by atoms with E-state index in [1.165, 1.54) is 4.91 Å². The molecule has 3 heteroatoms. The summed E-state index contributed by atoms with van der Waals surface area (Å²) in [5.74, 6) is 1.53. The number of fused-ring (bicyclic) bond motifs is 1. The summed E-state index contributed by atoms with van der Waals surface area (Å²) in [7, 11) is 0. The zero-order valence-electron chi connectivity index (χ0n) is 6.23. The maximum atomic E-state index is 9.59. The second kappa shape index (κ2) is 2.99. The lowest BCUT2D eigenvalue weighted by molar-refractivity contribution is 0.138. The van der Waals surface area contributed by atoms with Crippen LogP contribution in [-0.4, -0.2) is 29.7 Å². The Morgan fingerprint density at radius 3 is 3.45 bits per heavy atom. The molecule has 2 nitrogen and oxygen atoms in total. The summed E-state index contributed by atoms with van der Waals surface area (Å²) in [4.78, 5) is 5.39. The minimum atomic E-state index is -0.241. The second-order valence-electron chi connectivity index (χ2n) is 2.89. The third-order valence-corrected chi connectivity index (χ3v) is 3.38. The van der Waals surface area contributed by atoms with Gasteiger partial charge in [0.15, 0.2) is 0 Å². The van der Waals surface area contributed by atoms with Gasteiger partial charge in [0.2, 0.25) is 0 Å². The van der Waals surface area contributed by atoms with Crippen LogP contribution in [0, 0.1) is 5.92 Å². The largest absolute Gasteiger partial charge is 0.391 e. The van der Waals surface area contributed by atoms with E-state index in [2.05, 4.69) is 4.99 Å². The Labute approximate surface area is 70.4 Å². The van der Waals surface area contributed by atoms with Crippen LogP contribution in [0.4, 0.5) is 0 Å². The predicted octanol–water partition coefficient (Wildman–Crippen LogP) is 1.07. The van der Waals surface area contributed by atoms with E-state index >= 15 is 0 Å². The first-order valence-corrected chi connectivity index (χ1v) is 4.87. The molecule has 60 valence electrons. The molecule has 1 fully saturated rings. The molecule has 2 aliphatic rings. The summed E-state index contributed by atoms with van der Waals surface area (Å²) < 4.78 is 0. The third-order valence-electron chi connectivity index (χ3n) is 2.16. The van der Waals surface area contributed by atoms with Crippen LogP contribution in [0.2, 0.25) is 0 Å². The zero-order valence-corrected chi connectivity index (χ0v) is 7.05. The predicted molar refractivity (Wildman–Crippen MR) is 48.0 cm³/mol. The number of rotatable bonds is 0. The molecule has 2 unspecified atom stereocenters. The van der Waals surface area contributed by atoms with Crippen LogP contribution < -0.4 is 0 Å². The minimum Gasteiger partial charge on any atom is -0.391 e. The Morgan fingerprint density at radius 1 is 1.64 bits per heavy atom. The van der Waals surface area contributed by atoms with E-state index in [0.29, 0.717) is 12.5 Å². The Balaban J connectivity index is 2.22. The maximum Gasteiger partial charge on any atom is 0.0809 e. The van der Waals surface area contributed by atoms with Gasteiger partial charge in [-0.2, -0.15) is 0 Å². The second-order valence-corrected chi connectivity index (χ2v) is 4.06. The number of hydrogen-bond acceptors (Lipinski definition) is 3. The first-order chi connectivity index (χ1) is 5.38. The average molecular weight is 169 g/mol. The standard InChI is InChI=1S/C8H11NOS/c10-7-5-9-3-1-8-6(7)2-4-11-8/h1,3,6-7,10H,2,4-5H2. The summed E-state index contributed by atoms with van der Waals surface area (Å²) in [6.07, 6.45) is 4.73. The summed E-state index contributed by atoms with van der Waals surface area (Å²) in [5, 5.41) is 9.59. The lowest BCUT2D eigenvalue weighted by Crippen LogP contribution is -2.21. The monoisotopic (exact) mass is 169 g/mol. The Kier molecular flexibility index (Phi) is 2.00. The van der Waals surface area contributed by atoms with E-state index in [9.17, 15) is 5.11 Å². The summed E-state index contributed by atoms with van der Waals surface area (Å²) in [6.45, 7) is 0.575. The topological polar surface area (TPSA) is 32.6 Å². The van der Waals surface area contributed by atoms with Crippen molar-refractivity contribution in [2.75, 3.05) is 12.3 Å². The van der Waals surface area contributed by atoms with Gasteiger partial charge in [-0.05, 0) is 23.2 Å². The minimum absolute atomic E-state index is 0.241. The number of allylic oxidation sites excluding steroid dienone is 1. The van der Waals surface area contributed by atoms with Crippen LogP contribution in [0.1, 0.15) is 6.42 Å². The molecule has 11 heavy (non-hydrogen) atoms. The van der Waals surface area contributed by atoms with E-state index in [4.69, 9.17) is 0 Å². The van der Waals surface area contributed by atoms with Gasteiger partial charge in [0.25, 0.3) is 0 Å². The van der Waals surface area contributed by atoms with Crippen molar-refractivity contribution >= 4 is 18.0 Å². The number of nitrogens with zero attached hydrogens (tertiary/aromatic N) is 1. The van der Waals surface area contributed by atoms with Crippen LogP contribution in [0.15, 0.2) is 16.0 Å². The van der Waals surface area contributed by atoms with Crippen molar-refractivity contribution in [2.24, 2.45) is 10.9 Å². The molecule has 2 heterocycles. The maximum absolute atomic E-state index is 9.59. The van der Waals surface area contributed by atoms with Crippen molar-refractivity contribution in [3.8, 4) is 0 Å².